The van der Waals surface area contributed by atoms with Gasteiger partial charge in [0.05, 0.1) is 0 Å². The number of benzene rings is 1. The molecule has 0 saturated carbocycles. The average molecular weight is 349 g/mol. The van der Waals surface area contributed by atoms with Crippen LogP contribution in [0.5, 0.6) is 0 Å². The Morgan fingerprint density at radius 2 is 2.00 bits per heavy atom. The highest BCUT2D eigenvalue weighted by Gasteiger charge is 2.02. The summed E-state index contributed by atoms with van der Waals surface area (Å²) in [7, 11) is 0. The van der Waals surface area contributed by atoms with Gasteiger partial charge in [0.25, 0.3) is 0 Å². The van der Waals surface area contributed by atoms with Crippen LogP contribution in [-0.2, 0) is 0 Å². The van der Waals surface area contributed by atoms with Crippen LogP contribution >= 0.6 is 0 Å². The van der Waals surface area contributed by atoms with E-state index >= 15 is 0 Å². The van der Waals surface area contributed by atoms with Gasteiger partial charge >= 0.3 is 0 Å². The molecule has 1 aromatic rings. The molecule has 0 heterocycles. The molecule has 2 nitrogen and oxygen atoms in total. The number of hydrogen-bond donors (Lipinski definition) is 1. The van der Waals surface area contributed by atoms with Crippen LogP contribution in [0.2, 0.25) is 0 Å². The topological polar surface area (TPSA) is 24.4 Å². The Morgan fingerprint density at radius 1 is 1.27 bits per heavy atom. The maximum Gasteiger partial charge on any atom is 0.0435 e. The molecular formula is C24H32N2. The first-order valence-corrected chi connectivity index (χ1v) is 9.28. The van der Waals surface area contributed by atoms with Crippen LogP contribution in [0.3, 0.4) is 0 Å². The van der Waals surface area contributed by atoms with E-state index in [-0.39, 0.29) is 0 Å². The number of aryl methyl sites for hydroxylation is 1. The standard InChI is InChI=1S/C24H32N2/c1-8-10-11-14-25-17-23-16-24(13-12-19(23)5)26-21(7)22(9-2)15-20(6)18(3)4/h2,12-13,15-17,26H,3,8,10-11,14H2,1,4-7H3/b20-15-,22-21+,25-17?. The van der Waals surface area contributed by atoms with Gasteiger partial charge in [0.15, 0.2) is 0 Å². The molecule has 0 radical (unpaired) electrons. The lowest BCUT2D eigenvalue weighted by Gasteiger charge is -2.11. The summed E-state index contributed by atoms with van der Waals surface area (Å²) >= 11 is 0. The summed E-state index contributed by atoms with van der Waals surface area (Å²) < 4.78 is 0. The van der Waals surface area contributed by atoms with Gasteiger partial charge in [-0.25, -0.2) is 0 Å². The van der Waals surface area contributed by atoms with Crippen molar-refractivity contribution >= 4 is 11.9 Å². The predicted octanol–water partition coefficient (Wildman–Crippen LogP) is 6.45. The second-order valence-corrected chi connectivity index (χ2v) is 6.73. The number of aliphatic imine (C=N–C) groups is 1. The van der Waals surface area contributed by atoms with E-state index in [4.69, 9.17) is 6.42 Å². The highest BCUT2D eigenvalue weighted by Crippen LogP contribution is 2.18. The molecule has 0 spiro atoms. The maximum atomic E-state index is 5.69. The maximum absolute atomic E-state index is 5.69. The number of anilines is 1. The molecular weight excluding hydrogens is 316 g/mol. The van der Waals surface area contributed by atoms with Crippen LogP contribution in [0.1, 0.15) is 58.1 Å². The summed E-state index contributed by atoms with van der Waals surface area (Å²) in [5.41, 5.74) is 7.24. The Morgan fingerprint density at radius 3 is 2.62 bits per heavy atom. The van der Waals surface area contributed by atoms with Crippen molar-refractivity contribution in [2.75, 3.05) is 11.9 Å². The lowest BCUT2D eigenvalue weighted by molar-refractivity contribution is 0.729. The van der Waals surface area contributed by atoms with Gasteiger partial charge in [0, 0.05) is 29.7 Å². The Labute approximate surface area is 159 Å². The van der Waals surface area contributed by atoms with E-state index in [1.807, 2.05) is 33.1 Å². The Hall–Kier alpha value is -2.53. The van der Waals surface area contributed by atoms with Gasteiger partial charge in [0.2, 0.25) is 0 Å². The van der Waals surface area contributed by atoms with Crippen molar-refractivity contribution in [1.82, 2.24) is 0 Å². The fraction of sp³-hybridized carbons (Fsp3) is 0.375. The monoisotopic (exact) mass is 348 g/mol. The molecule has 0 amide bonds. The number of allylic oxidation sites excluding steroid dienone is 5. The second-order valence-electron chi connectivity index (χ2n) is 6.73. The zero-order valence-corrected chi connectivity index (χ0v) is 16.9. The molecule has 1 N–H and O–H groups in total. The molecule has 0 atom stereocenters. The molecule has 0 aliphatic heterocycles. The van der Waals surface area contributed by atoms with Gasteiger partial charge in [-0.05, 0) is 69.0 Å². The lowest BCUT2D eigenvalue weighted by Crippen LogP contribution is -2.00. The van der Waals surface area contributed by atoms with Crippen LogP contribution in [0.4, 0.5) is 5.69 Å². The van der Waals surface area contributed by atoms with E-state index in [2.05, 4.69) is 54.9 Å². The average Bonchev–Trinajstić information content (AvgIpc) is 2.61. The lowest BCUT2D eigenvalue weighted by atomic mass is 10.1. The SMILES string of the molecule is C#CC(/C=C(/C)C(=C)C)=C(/C)Nc1ccc(C)c(C=NCCCCC)c1. The van der Waals surface area contributed by atoms with Crippen molar-refractivity contribution in [1.29, 1.82) is 0 Å². The molecule has 26 heavy (non-hydrogen) atoms. The molecule has 0 aliphatic rings. The number of hydrogen-bond acceptors (Lipinski definition) is 2. The Kier molecular flexibility index (Phi) is 9.23. The number of nitrogens with zero attached hydrogens (tertiary/aromatic N) is 1. The number of nitrogens with one attached hydrogen (secondary N) is 1. The largest absolute Gasteiger partial charge is 0.358 e. The first-order valence-electron chi connectivity index (χ1n) is 9.28. The Bertz CT molecular complexity index is 755. The second kappa shape index (κ2) is 11.2. The highest BCUT2D eigenvalue weighted by atomic mass is 14.9. The minimum absolute atomic E-state index is 0.834. The molecule has 0 aromatic heterocycles. The molecule has 0 fully saturated rings. The van der Waals surface area contributed by atoms with Crippen molar-refractivity contribution < 1.29 is 0 Å². The van der Waals surface area contributed by atoms with E-state index in [9.17, 15) is 0 Å². The zero-order chi connectivity index (χ0) is 19.5. The summed E-state index contributed by atoms with van der Waals surface area (Å²) in [6.07, 6.45) is 13.3. The summed E-state index contributed by atoms with van der Waals surface area (Å²) in [5, 5.41) is 3.42. The van der Waals surface area contributed by atoms with Crippen molar-refractivity contribution in [3.63, 3.8) is 0 Å². The molecule has 1 aromatic carbocycles. The van der Waals surface area contributed by atoms with Crippen molar-refractivity contribution in [2.24, 2.45) is 4.99 Å². The quantitative estimate of drug-likeness (QED) is 0.236. The number of unbranched alkanes of at least 4 members (excludes halogenated alkanes) is 2. The van der Waals surface area contributed by atoms with E-state index < -0.39 is 0 Å². The zero-order valence-electron chi connectivity index (χ0n) is 16.9. The molecule has 0 bridgehead atoms. The first-order chi connectivity index (χ1) is 12.4. The third kappa shape index (κ3) is 7.15. The third-order valence-electron chi connectivity index (χ3n) is 4.33. The minimum atomic E-state index is 0.834. The van der Waals surface area contributed by atoms with Crippen LogP contribution in [-0.4, -0.2) is 12.8 Å². The van der Waals surface area contributed by atoms with Gasteiger partial charge < -0.3 is 5.32 Å². The van der Waals surface area contributed by atoms with Gasteiger partial charge in [-0.3, -0.25) is 4.99 Å². The van der Waals surface area contributed by atoms with E-state index in [1.54, 1.807) is 0 Å². The number of terminal acetylenes is 1. The van der Waals surface area contributed by atoms with Crippen LogP contribution in [0.25, 0.3) is 0 Å². The normalized spacial score (nSPS) is 12.7. The van der Waals surface area contributed by atoms with Crippen LogP contribution < -0.4 is 5.32 Å². The first kappa shape index (κ1) is 21.5. The minimum Gasteiger partial charge on any atom is -0.358 e. The van der Waals surface area contributed by atoms with Gasteiger partial charge in [-0.2, -0.15) is 0 Å². The van der Waals surface area contributed by atoms with Crippen molar-refractivity contribution in [3.8, 4) is 12.3 Å². The Balaban J connectivity index is 2.97. The van der Waals surface area contributed by atoms with E-state index in [0.717, 1.165) is 46.6 Å². The third-order valence-corrected chi connectivity index (χ3v) is 4.33. The summed E-state index contributed by atoms with van der Waals surface area (Å²) in [6.45, 7) is 15.1. The molecule has 2 heteroatoms. The molecule has 0 aliphatic carbocycles. The van der Waals surface area contributed by atoms with Gasteiger partial charge in [-0.15, -0.1) is 6.42 Å². The number of rotatable bonds is 9. The summed E-state index contributed by atoms with van der Waals surface area (Å²) in [4.78, 5) is 4.55. The fourth-order valence-corrected chi connectivity index (χ4v) is 2.36. The predicted molar refractivity (Wildman–Crippen MR) is 117 cm³/mol. The van der Waals surface area contributed by atoms with Crippen molar-refractivity contribution in [3.05, 3.63) is 64.4 Å². The van der Waals surface area contributed by atoms with E-state index in [0.29, 0.717) is 0 Å². The molecule has 1 rings (SSSR count). The highest BCUT2D eigenvalue weighted by molar-refractivity contribution is 5.83. The summed E-state index contributed by atoms with van der Waals surface area (Å²) in [5.74, 6) is 2.76. The summed E-state index contributed by atoms with van der Waals surface area (Å²) in [6, 6.07) is 6.29. The van der Waals surface area contributed by atoms with Crippen LogP contribution in [0, 0.1) is 19.3 Å². The fourth-order valence-electron chi connectivity index (χ4n) is 2.36. The van der Waals surface area contributed by atoms with Crippen LogP contribution in [0.15, 0.2) is 58.3 Å². The molecule has 0 unspecified atom stereocenters. The van der Waals surface area contributed by atoms with Gasteiger partial charge in [-0.1, -0.05) is 43.9 Å². The van der Waals surface area contributed by atoms with Gasteiger partial charge in [0.1, 0.15) is 0 Å². The van der Waals surface area contributed by atoms with Crippen molar-refractivity contribution in [2.45, 2.75) is 53.9 Å². The molecule has 138 valence electrons. The smallest absolute Gasteiger partial charge is 0.0435 e. The van der Waals surface area contributed by atoms with E-state index in [1.165, 1.54) is 18.4 Å². The molecule has 0 saturated heterocycles.